The van der Waals surface area contributed by atoms with Crippen LogP contribution in [-0.2, 0) is 12.8 Å². The number of halogens is 1. The molecule has 2 rings (SSSR count). The fourth-order valence-electron chi connectivity index (χ4n) is 3.24. The highest BCUT2D eigenvalue weighted by Crippen LogP contribution is 2.30. The van der Waals surface area contributed by atoms with E-state index in [9.17, 15) is 0 Å². The second kappa shape index (κ2) is 7.44. The fraction of sp³-hybridized carbons (Fsp3) is 0.647. The summed E-state index contributed by atoms with van der Waals surface area (Å²) in [6, 6.07) is 7.52. The Morgan fingerprint density at radius 1 is 1.26 bits per heavy atom. The predicted octanol–water partition coefficient (Wildman–Crippen LogP) is 4.72. The quantitative estimate of drug-likeness (QED) is 0.798. The van der Waals surface area contributed by atoms with Gasteiger partial charge in [0, 0.05) is 10.5 Å². The first kappa shape index (κ1) is 15.1. The molecule has 1 nitrogen and oxygen atoms in total. The minimum absolute atomic E-state index is 0.710. The molecule has 0 aliphatic heterocycles. The van der Waals surface area contributed by atoms with Gasteiger partial charge in [0.1, 0.15) is 0 Å². The minimum atomic E-state index is 0.710. The van der Waals surface area contributed by atoms with E-state index >= 15 is 0 Å². The van der Waals surface area contributed by atoms with E-state index in [-0.39, 0.29) is 0 Å². The van der Waals surface area contributed by atoms with Gasteiger partial charge in [-0.3, -0.25) is 0 Å². The van der Waals surface area contributed by atoms with Gasteiger partial charge in [-0.1, -0.05) is 42.3 Å². The van der Waals surface area contributed by atoms with E-state index in [1.54, 1.807) is 11.1 Å². The zero-order valence-electron chi connectivity index (χ0n) is 12.2. The molecule has 1 aromatic carbocycles. The summed E-state index contributed by atoms with van der Waals surface area (Å²) >= 11 is 3.58. The van der Waals surface area contributed by atoms with E-state index in [2.05, 4.69) is 53.3 Å². The third-order valence-electron chi connectivity index (χ3n) is 4.26. The molecule has 0 radical (unpaired) electrons. The van der Waals surface area contributed by atoms with Crippen LogP contribution in [0.5, 0.6) is 0 Å². The van der Waals surface area contributed by atoms with Crippen molar-refractivity contribution in [3.05, 3.63) is 33.8 Å². The normalized spacial score (nSPS) is 20.1. The van der Waals surface area contributed by atoms with Crippen LogP contribution in [-0.4, -0.2) is 12.6 Å². The standard InChI is InChI=1S/C17H26BrN/c1-3-5-17(19-10-4-2)15-7-6-14-12-16(18)9-8-13(14)11-15/h8-9,12,15,17,19H,3-7,10-11H2,1-2H3. The SMILES string of the molecule is CCCNC(CCC)C1CCc2cc(Br)ccc2C1. The molecular weight excluding hydrogens is 298 g/mol. The third-order valence-corrected chi connectivity index (χ3v) is 4.75. The highest BCUT2D eigenvalue weighted by molar-refractivity contribution is 9.10. The maximum absolute atomic E-state index is 3.77. The van der Waals surface area contributed by atoms with Gasteiger partial charge in [0.25, 0.3) is 0 Å². The summed E-state index contributed by atoms with van der Waals surface area (Å²) in [5.41, 5.74) is 3.12. The van der Waals surface area contributed by atoms with Crippen LogP contribution >= 0.6 is 15.9 Å². The van der Waals surface area contributed by atoms with Crippen molar-refractivity contribution in [3.8, 4) is 0 Å². The molecular formula is C17H26BrN. The van der Waals surface area contributed by atoms with Crippen molar-refractivity contribution in [1.29, 1.82) is 0 Å². The minimum Gasteiger partial charge on any atom is -0.314 e. The van der Waals surface area contributed by atoms with Gasteiger partial charge in [-0.25, -0.2) is 0 Å². The van der Waals surface area contributed by atoms with E-state index in [0.29, 0.717) is 6.04 Å². The average Bonchev–Trinajstić information content (AvgIpc) is 2.43. The van der Waals surface area contributed by atoms with Crippen molar-refractivity contribution in [1.82, 2.24) is 5.32 Å². The summed E-state index contributed by atoms with van der Waals surface area (Å²) in [5.74, 6) is 0.820. The van der Waals surface area contributed by atoms with Crippen molar-refractivity contribution in [2.75, 3.05) is 6.54 Å². The van der Waals surface area contributed by atoms with Crippen molar-refractivity contribution in [3.63, 3.8) is 0 Å². The lowest BCUT2D eigenvalue weighted by molar-refractivity contribution is 0.303. The molecule has 19 heavy (non-hydrogen) atoms. The van der Waals surface area contributed by atoms with Crippen molar-refractivity contribution in [2.24, 2.45) is 5.92 Å². The monoisotopic (exact) mass is 323 g/mol. The van der Waals surface area contributed by atoms with Gasteiger partial charge in [-0.05, 0) is 67.8 Å². The van der Waals surface area contributed by atoms with Crippen molar-refractivity contribution < 1.29 is 0 Å². The lowest BCUT2D eigenvalue weighted by Crippen LogP contribution is -2.39. The molecule has 0 heterocycles. The molecule has 2 unspecified atom stereocenters. The van der Waals surface area contributed by atoms with E-state index < -0.39 is 0 Å². The topological polar surface area (TPSA) is 12.0 Å². The molecule has 0 aromatic heterocycles. The number of benzene rings is 1. The first-order valence-electron chi connectivity index (χ1n) is 7.75. The summed E-state index contributed by atoms with van der Waals surface area (Å²) < 4.78 is 1.22. The largest absolute Gasteiger partial charge is 0.314 e. The summed E-state index contributed by atoms with van der Waals surface area (Å²) in [7, 11) is 0. The van der Waals surface area contributed by atoms with Crippen LogP contribution in [0.4, 0.5) is 0 Å². The maximum atomic E-state index is 3.77. The predicted molar refractivity (Wildman–Crippen MR) is 86.6 cm³/mol. The Balaban J connectivity index is 2.03. The number of hydrogen-bond acceptors (Lipinski definition) is 1. The highest BCUT2D eigenvalue weighted by atomic mass is 79.9. The number of aryl methyl sites for hydroxylation is 1. The number of nitrogens with one attached hydrogen (secondary N) is 1. The Kier molecular flexibility index (Phi) is 5.90. The van der Waals surface area contributed by atoms with Crippen molar-refractivity contribution >= 4 is 15.9 Å². The molecule has 0 bridgehead atoms. The first-order chi connectivity index (χ1) is 9.24. The lowest BCUT2D eigenvalue weighted by Gasteiger charge is -2.32. The summed E-state index contributed by atoms with van der Waals surface area (Å²) in [5, 5.41) is 3.77. The highest BCUT2D eigenvalue weighted by Gasteiger charge is 2.25. The second-order valence-corrected chi connectivity index (χ2v) is 6.68. The Morgan fingerprint density at radius 3 is 2.84 bits per heavy atom. The molecule has 0 amide bonds. The smallest absolute Gasteiger partial charge is 0.0178 e. The first-order valence-corrected chi connectivity index (χ1v) is 8.54. The number of hydrogen-bond donors (Lipinski definition) is 1. The van der Waals surface area contributed by atoms with Crippen LogP contribution in [0.2, 0.25) is 0 Å². The number of rotatable bonds is 6. The zero-order chi connectivity index (χ0) is 13.7. The van der Waals surface area contributed by atoms with E-state index in [0.717, 1.165) is 12.5 Å². The van der Waals surface area contributed by atoms with Crippen LogP contribution in [0, 0.1) is 5.92 Å². The molecule has 0 spiro atoms. The van der Waals surface area contributed by atoms with Gasteiger partial charge in [0.15, 0.2) is 0 Å². The van der Waals surface area contributed by atoms with Gasteiger partial charge < -0.3 is 5.32 Å². The fourth-order valence-corrected chi connectivity index (χ4v) is 3.65. The Hall–Kier alpha value is -0.340. The Bertz CT molecular complexity index is 402. The van der Waals surface area contributed by atoms with E-state index in [1.165, 1.54) is 43.0 Å². The Labute approximate surface area is 126 Å². The van der Waals surface area contributed by atoms with Crippen LogP contribution in [0.25, 0.3) is 0 Å². The zero-order valence-corrected chi connectivity index (χ0v) is 13.8. The second-order valence-electron chi connectivity index (χ2n) is 5.77. The van der Waals surface area contributed by atoms with Crippen LogP contribution in [0.3, 0.4) is 0 Å². The van der Waals surface area contributed by atoms with Gasteiger partial charge >= 0.3 is 0 Å². The maximum Gasteiger partial charge on any atom is 0.0178 e. The van der Waals surface area contributed by atoms with Crippen LogP contribution < -0.4 is 5.32 Å². The molecule has 1 aliphatic rings. The summed E-state index contributed by atoms with van der Waals surface area (Å²) in [4.78, 5) is 0. The van der Waals surface area contributed by atoms with Crippen LogP contribution in [0.15, 0.2) is 22.7 Å². The summed E-state index contributed by atoms with van der Waals surface area (Å²) in [6.07, 6.45) is 7.67. The third kappa shape index (κ3) is 4.06. The van der Waals surface area contributed by atoms with Gasteiger partial charge in [0.05, 0.1) is 0 Å². The molecule has 0 fully saturated rings. The lowest BCUT2D eigenvalue weighted by atomic mass is 9.79. The Morgan fingerprint density at radius 2 is 2.11 bits per heavy atom. The van der Waals surface area contributed by atoms with Crippen LogP contribution in [0.1, 0.15) is 50.7 Å². The molecule has 106 valence electrons. The molecule has 0 saturated heterocycles. The van der Waals surface area contributed by atoms with Crippen molar-refractivity contribution in [2.45, 2.75) is 58.4 Å². The molecule has 0 saturated carbocycles. The van der Waals surface area contributed by atoms with E-state index in [1.807, 2.05) is 0 Å². The summed E-state index contributed by atoms with van der Waals surface area (Å²) in [6.45, 7) is 5.71. The van der Waals surface area contributed by atoms with E-state index in [4.69, 9.17) is 0 Å². The van der Waals surface area contributed by atoms with Gasteiger partial charge in [-0.2, -0.15) is 0 Å². The number of fused-ring (bicyclic) bond motifs is 1. The molecule has 2 heteroatoms. The molecule has 1 aromatic rings. The van der Waals surface area contributed by atoms with Gasteiger partial charge in [0.2, 0.25) is 0 Å². The molecule has 2 atom stereocenters. The van der Waals surface area contributed by atoms with Gasteiger partial charge in [-0.15, -0.1) is 0 Å². The molecule has 1 aliphatic carbocycles. The average molecular weight is 324 g/mol. The molecule has 1 N–H and O–H groups in total.